The fourth-order valence-electron chi connectivity index (χ4n) is 1.93. The van der Waals surface area contributed by atoms with Crippen molar-refractivity contribution in [3.8, 4) is 5.88 Å². The maximum absolute atomic E-state index is 12.4. The molecular weight excluding hydrogens is 322 g/mol. The second-order valence-corrected chi connectivity index (χ2v) is 5.17. The minimum atomic E-state index is -0.185. The molecule has 1 N–H and O–H groups in total. The first-order valence-electron chi connectivity index (χ1n) is 6.31. The van der Waals surface area contributed by atoms with Crippen molar-refractivity contribution in [3.05, 3.63) is 40.8 Å². The number of hydrogen-bond acceptors (Lipinski definition) is 3. The van der Waals surface area contributed by atoms with Gasteiger partial charge in [-0.2, -0.15) is 0 Å². The molecule has 0 aromatic carbocycles. The number of amides is 1. The molecular formula is C14H16BrN3O2. The molecule has 6 heteroatoms. The summed E-state index contributed by atoms with van der Waals surface area (Å²) in [7, 11) is 1.52. The summed E-state index contributed by atoms with van der Waals surface area (Å²) < 4.78 is 7.93. The average molecular weight is 338 g/mol. The number of halogens is 1. The second-order valence-electron chi connectivity index (χ2n) is 4.25. The lowest BCUT2D eigenvalue weighted by molar-refractivity contribution is 0.101. The Labute approximate surface area is 126 Å². The van der Waals surface area contributed by atoms with Gasteiger partial charge in [0.05, 0.1) is 7.11 Å². The Morgan fingerprint density at radius 3 is 3.05 bits per heavy atom. The van der Waals surface area contributed by atoms with Gasteiger partial charge in [0, 0.05) is 23.4 Å². The fourth-order valence-corrected chi connectivity index (χ4v) is 2.39. The highest BCUT2D eigenvalue weighted by Crippen LogP contribution is 2.22. The van der Waals surface area contributed by atoms with Crippen molar-refractivity contribution in [3.63, 3.8) is 0 Å². The molecule has 0 aliphatic carbocycles. The second kappa shape index (κ2) is 6.56. The van der Waals surface area contributed by atoms with Gasteiger partial charge < -0.3 is 14.6 Å². The van der Waals surface area contributed by atoms with Gasteiger partial charge in [-0.25, -0.2) is 4.98 Å². The number of hydrogen-bond donors (Lipinski definition) is 1. The van der Waals surface area contributed by atoms with Crippen LogP contribution in [-0.4, -0.2) is 22.6 Å². The van der Waals surface area contributed by atoms with Gasteiger partial charge in [-0.15, -0.1) is 0 Å². The summed E-state index contributed by atoms with van der Waals surface area (Å²) in [5.41, 5.74) is 1.16. The number of carbonyl (C=O) groups excluding carboxylic acids is 1. The largest absolute Gasteiger partial charge is 0.480 e. The summed E-state index contributed by atoms with van der Waals surface area (Å²) in [6.45, 7) is 2.86. The highest BCUT2D eigenvalue weighted by atomic mass is 79.9. The molecule has 0 saturated heterocycles. The number of rotatable bonds is 5. The molecule has 0 unspecified atom stereocenters. The van der Waals surface area contributed by atoms with Crippen LogP contribution in [0.2, 0.25) is 0 Å². The number of methoxy groups -OCH3 is 1. The summed E-state index contributed by atoms with van der Waals surface area (Å²) in [6, 6.07) is 5.30. The average Bonchev–Trinajstić information content (AvgIpc) is 2.81. The van der Waals surface area contributed by atoms with Crippen LogP contribution in [0.25, 0.3) is 0 Å². The number of ether oxygens (including phenoxy) is 1. The highest BCUT2D eigenvalue weighted by molar-refractivity contribution is 9.10. The predicted octanol–water partition coefficient (Wildman–Crippen LogP) is 3.32. The molecule has 0 saturated carbocycles. The summed E-state index contributed by atoms with van der Waals surface area (Å²) >= 11 is 3.40. The minimum Gasteiger partial charge on any atom is -0.480 e. The molecule has 5 nitrogen and oxygen atoms in total. The third kappa shape index (κ3) is 3.19. The number of nitrogens with one attached hydrogen (secondary N) is 1. The molecule has 106 valence electrons. The van der Waals surface area contributed by atoms with E-state index in [1.165, 1.54) is 7.11 Å². The van der Waals surface area contributed by atoms with Gasteiger partial charge in [-0.3, -0.25) is 4.79 Å². The van der Waals surface area contributed by atoms with Crippen molar-refractivity contribution in [2.75, 3.05) is 12.4 Å². The molecule has 0 bridgehead atoms. The van der Waals surface area contributed by atoms with Gasteiger partial charge in [-0.1, -0.05) is 6.92 Å². The molecule has 20 heavy (non-hydrogen) atoms. The Balaban J connectivity index is 2.24. The zero-order valence-electron chi connectivity index (χ0n) is 11.4. The van der Waals surface area contributed by atoms with Crippen LogP contribution in [0.5, 0.6) is 5.88 Å². The van der Waals surface area contributed by atoms with Gasteiger partial charge in [0.2, 0.25) is 5.88 Å². The summed E-state index contributed by atoms with van der Waals surface area (Å²) in [4.78, 5) is 16.4. The van der Waals surface area contributed by atoms with Crippen LogP contribution in [0.1, 0.15) is 23.8 Å². The number of aromatic nitrogens is 2. The van der Waals surface area contributed by atoms with Crippen molar-refractivity contribution >= 4 is 27.5 Å². The first kappa shape index (κ1) is 14.6. The molecule has 0 aliphatic heterocycles. The van der Waals surface area contributed by atoms with Crippen LogP contribution < -0.4 is 10.1 Å². The standard InChI is InChI=1S/C14H16BrN3O2/c1-3-7-18-9-10(15)8-12(18)13(19)17-11-5-4-6-16-14(11)20-2/h4-6,8-9H,3,7H2,1-2H3,(H,17,19). The van der Waals surface area contributed by atoms with E-state index >= 15 is 0 Å². The maximum Gasteiger partial charge on any atom is 0.272 e. The quantitative estimate of drug-likeness (QED) is 0.910. The van der Waals surface area contributed by atoms with Crippen molar-refractivity contribution in [2.24, 2.45) is 0 Å². The van der Waals surface area contributed by atoms with Crippen LogP contribution in [0, 0.1) is 0 Å². The van der Waals surface area contributed by atoms with Crippen molar-refractivity contribution in [1.29, 1.82) is 0 Å². The van der Waals surface area contributed by atoms with Gasteiger partial charge in [0.15, 0.2) is 0 Å². The topological polar surface area (TPSA) is 56.2 Å². The predicted molar refractivity (Wildman–Crippen MR) is 81.2 cm³/mol. The Bertz CT molecular complexity index is 610. The first-order valence-corrected chi connectivity index (χ1v) is 7.11. The molecule has 0 fully saturated rings. The Morgan fingerprint density at radius 1 is 1.55 bits per heavy atom. The Kier molecular flexibility index (Phi) is 4.79. The molecule has 0 aliphatic rings. The normalized spacial score (nSPS) is 10.3. The number of carbonyl (C=O) groups is 1. The van der Waals surface area contributed by atoms with E-state index < -0.39 is 0 Å². The summed E-state index contributed by atoms with van der Waals surface area (Å²) in [5, 5.41) is 2.82. The third-order valence-electron chi connectivity index (χ3n) is 2.77. The van der Waals surface area contributed by atoms with E-state index in [9.17, 15) is 4.79 Å². The lowest BCUT2D eigenvalue weighted by atomic mass is 10.3. The summed E-state index contributed by atoms with van der Waals surface area (Å²) in [6.07, 6.45) is 4.47. The molecule has 2 aromatic rings. The van der Waals surface area contributed by atoms with Crippen LogP contribution in [0.3, 0.4) is 0 Å². The molecule has 2 heterocycles. The molecule has 0 radical (unpaired) electrons. The van der Waals surface area contributed by atoms with E-state index in [1.807, 2.05) is 10.8 Å². The molecule has 0 spiro atoms. The number of nitrogens with zero attached hydrogens (tertiary/aromatic N) is 2. The van der Waals surface area contributed by atoms with Crippen LogP contribution >= 0.6 is 15.9 Å². The first-order chi connectivity index (χ1) is 9.65. The molecule has 0 atom stereocenters. The van der Waals surface area contributed by atoms with E-state index in [2.05, 4.69) is 33.2 Å². The van der Waals surface area contributed by atoms with E-state index in [4.69, 9.17) is 4.74 Å². The smallest absolute Gasteiger partial charge is 0.272 e. The monoisotopic (exact) mass is 337 g/mol. The van der Waals surface area contributed by atoms with E-state index in [1.54, 1.807) is 24.4 Å². The molecule has 1 amide bonds. The highest BCUT2D eigenvalue weighted by Gasteiger charge is 2.15. The number of anilines is 1. The zero-order chi connectivity index (χ0) is 14.5. The van der Waals surface area contributed by atoms with E-state index in [0.29, 0.717) is 17.3 Å². The lowest BCUT2D eigenvalue weighted by Gasteiger charge is -2.10. The SMILES string of the molecule is CCCn1cc(Br)cc1C(=O)Nc1cccnc1OC. The van der Waals surface area contributed by atoms with Crippen LogP contribution in [0.15, 0.2) is 35.1 Å². The number of pyridine rings is 1. The number of aryl methyl sites for hydroxylation is 1. The fraction of sp³-hybridized carbons (Fsp3) is 0.286. The van der Waals surface area contributed by atoms with Crippen molar-refractivity contribution in [2.45, 2.75) is 19.9 Å². The summed E-state index contributed by atoms with van der Waals surface area (Å²) in [5.74, 6) is 0.212. The van der Waals surface area contributed by atoms with E-state index in [-0.39, 0.29) is 5.91 Å². The minimum absolute atomic E-state index is 0.185. The van der Waals surface area contributed by atoms with Gasteiger partial charge in [-0.05, 0) is 40.5 Å². The van der Waals surface area contributed by atoms with Crippen LogP contribution in [0.4, 0.5) is 5.69 Å². The van der Waals surface area contributed by atoms with Crippen molar-refractivity contribution < 1.29 is 9.53 Å². The van der Waals surface area contributed by atoms with Crippen molar-refractivity contribution in [1.82, 2.24) is 9.55 Å². The zero-order valence-corrected chi connectivity index (χ0v) is 13.0. The Hall–Kier alpha value is -1.82. The lowest BCUT2D eigenvalue weighted by Crippen LogP contribution is -2.17. The third-order valence-corrected chi connectivity index (χ3v) is 3.21. The van der Waals surface area contributed by atoms with Gasteiger partial charge in [0.25, 0.3) is 5.91 Å². The van der Waals surface area contributed by atoms with E-state index in [0.717, 1.165) is 17.4 Å². The Morgan fingerprint density at radius 2 is 2.35 bits per heavy atom. The van der Waals surface area contributed by atoms with Gasteiger partial charge in [0.1, 0.15) is 11.4 Å². The maximum atomic E-state index is 12.4. The van der Waals surface area contributed by atoms with Gasteiger partial charge >= 0.3 is 0 Å². The molecule has 2 rings (SSSR count). The van der Waals surface area contributed by atoms with Crippen LogP contribution in [-0.2, 0) is 6.54 Å². The molecule has 2 aromatic heterocycles.